The molecule has 6 nitrogen and oxygen atoms in total. The number of hydrazone groups is 1. The summed E-state index contributed by atoms with van der Waals surface area (Å²) in [6, 6.07) is 12.9. The van der Waals surface area contributed by atoms with E-state index in [1.807, 2.05) is 31.2 Å². The van der Waals surface area contributed by atoms with E-state index in [2.05, 4.69) is 10.5 Å². The first-order valence-corrected chi connectivity index (χ1v) is 7.12. The maximum atomic E-state index is 11.7. The Morgan fingerprint density at radius 1 is 1.26 bits per heavy atom. The summed E-state index contributed by atoms with van der Waals surface area (Å²) in [5, 5.41) is 3.92. The van der Waals surface area contributed by atoms with Gasteiger partial charge in [0.1, 0.15) is 5.75 Å². The molecule has 0 spiro atoms. The van der Waals surface area contributed by atoms with Gasteiger partial charge in [0, 0.05) is 6.07 Å². The molecule has 1 heterocycles. The Hall–Kier alpha value is -3.02. The van der Waals surface area contributed by atoms with Crippen LogP contribution in [0.4, 0.5) is 0 Å². The molecular weight excluding hydrogens is 296 g/mol. The predicted octanol–water partition coefficient (Wildman–Crippen LogP) is 2.25. The van der Waals surface area contributed by atoms with Gasteiger partial charge in [0.05, 0.1) is 6.21 Å². The average Bonchev–Trinajstić information content (AvgIpc) is 3.02. The number of aryl methyl sites for hydroxylation is 1. The molecule has 0 saturated carbocycles. The maximum Gasteiger partial charge on any atom is 0.277 e. The second-order valence-corrected chi connectivity index (χ2v) is 4.95. The molecule has 0 aromatic heterocycles. The van der Waals surface area contributed by atoms with Crippen molar-refractivity contribution in [2.24, 2.45) is 5.10 Å². The molecule has 0 atom stereocenters. The van der Waals surface area contributed by atoms with E-state index in [4.69, 9.17) is 14.2 Å². The van der Waals surface area contributed by atoms with Gasteiger partial charge in [-0.3, -0.25) is 4.79 Å². The molecule has 2 aromatic carbocycles. The molecule has 23 heavy (non-hydrogen) atoms. The number of fused-ring (bicyclic) bond motifs is 1. The van der Waals surface area contributed by atoms with Crippen molar-refractivity contribution >= 4 is 12.1 Å². The minimum atomic E-state index is -0.340. The molecule has 118 valence electrons. The summed E-state index contributed by atoms with van der Waals surface area (Å²) < 4.78 is 15.9. The van der Waals surface area contributed by atoms with Crippen molar-refractivity contribution in [2.75, 3.05) is 13.4 Å². The molecule has 0 saturated heterocycles. The number of carbonyl (C=O) groups excluding carboxylic acids is 1. The number of rotatable bonds is 5. The summed E-state index contributed by atoms with van der Waals surface area (Å²) in [7, 11) is 0. The summed E-state index contributed by atoms with van der Waals surface area (Å²) in [5.41, 5.74) is 4.46. The van der Waals surface area contributed by atoms with E-state index in [-0.39, 0.29) is 19.3 Å². The molecule has 1 aliphatic rings. The summed E-state index contributed by atoms with van der Waals surface area (Å²) in [6.07, 6.45) is 1.60. The Morgan fingerprint density at radius 3 is 2.96 bits per heavy atom. The van der Waals surface area contributed by atoms with E-state index < -0.39 is 0 Å². The normalized spacial score (nSPS) is 12.4. The van der Waals surface area contributed by atoms with Gasteiger partial charge >= 0.3 is 0 Å². The molecule has 0 radical (unpaired) electrons. The molecule has 1 aliphatic heterocycles. The zero-order chi connectivity index (χ0) is 16.1. The van der Waals surface area contributed by atoms with Crippen molar-refractivity contribution in [1.82, 2.24) is 5.43 Å². The van der Waals surface area contributed by atoms with Crippen LogP contribution in [0.25, 0.3) is 0 Å². The summed E-state index contributed by atoms with van der Waals surface area (Å²) >= 11 is 0. The van der Waals surface area contributed by atoms with Gasteiger partial charge in [0.2, 0.25) is 6.79 Å². The van der Waals surface area contributed by atoms with Crippen LogP contribution in [-0.2, 0) is 4.79 Å². The number of nitrogens with zero attached hydrogens (tertiary/aromatic N) is 1. The quantitative estimate of drug-likeness (QED) is 0.679. The van der Waals surface area contributed by atoms with Crippen LogP contribution < -0.4 is 19.6 Å². The lowest BCUT2D eigenvalue weighted by molar-refractivity contribution is -0.123. The van der Waals surface area contributed by atoms with Gasteiger partial charge in [-0.15, -0.1) is 0 Å². The standard InChI is InChI=1S/C17H16N2O4/c1-12-4-2-3-5-13(12)9-18-19-17(20)10-21-14-6-7-15-16(8-14)23-11-22-15/h2-9H,10-11H2,1H3,(H,19,20). The van der Waals surface area contributed by atoms with Gasteiger partial charge in [-0.2, -0.15) is 5.10 Å². The SMILES string of the molecule is Cc1ccccc1C=NNC(=O)COc1ccc2c(c1)OCO2. The summed E-state index contributed by atoms with van der Waals surface area (Å²) in [5.74, 6) is 1.48. The predicted molar refractivity (Wildman–Crippen MR) is 85.0 cm³/mol. The second kappa shape index (κ2) is 6.83. The van der Waals surface area contributed by atoms with Gasteiger partial charge in [-0.05, 0) is 30.2 Å². The fraction of sp³-hybridized carbons (Fsp3) is 0.176. The lowest BCUT2D eigenvalue weighted by Crippen LogP contribution is -2.24. The molecule has 1 N–H and O–H groups in total. The third-order valence-electron chi connectivity index (χ3n) is 3.30. The van der Waals surface area contributed by atoms with E-state index in [1.54, 1.807) is 24.4 Å². The van der Waals surface area contributed by atoms with Crippen LogP contribution >= 0.6 is 0 Å². The largest absolute Gasteiger partial charge is 0.484 e. The Morgan fingerprint density at radius 2 is 2.09 bits per heavy atom. The van der Waals surface area contributed by atoms with E-state index in [1.165, 1.54) is 0 Å². The molecule has 0 fully saturated rings. The van der Waals surface area contributed by atoms with Gasteiger partial charge in [0.25, 0.3) is 5.91 Å². The summed E-state index contributed by atoms with van der Waals surface area (Å²) in [4.78, 5) is 11.7. The number of amides is 1. The number of hydrogen-bond acceptors (Lipinski definition) is 5. The third-order valence-corrected chi connectivity index (χ3v) is 3.30. The first kappa shape index (κ1) is 14.9. The molecule has 0 bridgehead atoms. The zero-order valence-corrected chi connectivity index (χ0v) is 12.6. The van der Waals surface area contributed by atoms with Crippen molar-refractivity contribution in [3.63, 3.8) is 0 Å². The molecule has 3 rings (SSSR count). The molecule has 6 heteroatoms. The lowest BCUT2D eigenvalue weighted by Gasteiger charge is -2.05. The van der Waals surface area contributed by atoms with Gasteiger partial charge in [-0.1, -0.05) is 24.3 Å². The number of benzene rings is 2. The van der Waals surface area contributed by atoms with Gasteiger partial charge in [0.15, 0.2) is 18.1 Å². The van der Waals surface area contributed by atoms with Crippen molar-refractivity contribution in [2.45, 2.75) is 6.92 Å². The highest BCUT2D eigenvalue weighted by molar-refractivity contribution is 5.84. The smallest absolute Gasteiger partial charge is 0.277 e. The first-order chi connectivity index (χ1) is 11.2. The number of ether oxygens (including phenoxy) is 3. The fourth-order valence-electron chi connectivity index (χ4n) is 2.05. The van der Waals surface area contributed by atoms with Crippen LogP contribution in [0.1, 0.15) is 11.1 Å². The van der Waals surface area contributed by atoms with Crippen LogP contribution in [0.2, 0.25) is 0 Å². The molecule has 1 amide bonds. The molecule has 2 aromatic rings. The molecular formula is C17H16N2O4. The minimum Gasteiger partial charge on any atom is -0.484 e. The Kier molecular flexibility index (Phi) is 4.42. The fourth-order valence-corrected chi connectivity index (χ4v) is 2.05. The Bertz CT molecular complexity index is 743. The van der Waals surface area contributed by atoms with Crippen molar-refractivity contribution in [3.8, 4) is 17.2 Å². The van der Waals surface area contributed by atoms with Crippen LogP contribution in [0.5, 0.6) is 17.2 Å². The topological polar surface area (TPSA) is 69.2 Å². The number of carbonyl (C=O) groups is 1. The van der Waals surface area contributed by atoms with Crippen LogP contribution in [0, 0.1) is 6.92 Å². The second-order valence-electron chi connectivity index (χ2n) is 4.95. The van der Waals surface area contributed by atoms with Crippen LogP contribution in [0.3, 0.4) is 0 Å². The number of nitrogens with one attached hydrogen (secondary N) is 1. The van der Waals surface area contributed by atoms with Gasteiger partial charge in [-0.25, -0.2) is 5.43 Å². The summed E-state index contributed by atoms with van der Waals surface area (Å²) in [6.45, 7) is 2.05. The highest BCUT2D eigenvalue weighted by Gasteiger charge is 2.14. The maximum absolute atomic E-state index is 11.7. The van der Waals surface area contributed by atoms with Crippen molar-refractivity contribution in [1.29, 1.82) is 0 Å². The average molecular weight is 312 g/mol. The lowest BCUT2D eigenvalue weighted by atomic mass is 10.1. The number of hydrogen-bond donors (Lipinski definition) is 1. The van der Waals surface area contributed by atoms with E-state index in [0.717, 1.165) is 11.1 Å². The molecule has 0 unspecified atom stereocenters. The van der Waals surface area contributed by atoms with Crippen LogP contribution in [-0.4, -0.2) is 25.5 Å². The van der Waals surface area contributed by atoms with E-state index >= 15 is 0 Å². The Balaban J connectivity index is 1.49. The van der Waals surface area contributed by atoms with Crippen LogP contribution in [0.15, 0.2) is 47.6 Å². The molecule has 0 aliphatic carbocycles. The highest BCUT2D eigenvalue weighted by atomic mass is 16.7. The van der Waals surface area contributed by atoms with E-state index in [9.17, 15) is 4.79 Å². The monoisotopic (exact) mass is 312 g/mol. The van der Waals surface area contributed by atoms with E-state index in [0.29, 0.717) is 17.2 Å². The van der Waals surface area contributed by atoms with Crippen molar-refractivity contribution < 1.29 is 19.0 Å². The zero-order valence-electron chi connectivity index (χ0n) is 12.6. The van der Waals surface area contributed by atoms with Crippen molar-refractivity contribution in [3.05, 3.63) is 53.6 Å². The Labute approximate surface area is 133 Å². The third kappa shape index (κ3) is 3.79. The highest BCUT2D eigenvalue weighted by Crippen LogP contribution is 2.34. The van der Waals surface area contributed by atoms with Gasteiger partial charge < -0.3 is 14.2 Å². The first-order valence-electron chi connectivity index (χ1n) is 7.12. The minimum absolute atomic E-state index is 0.134.